The molecule has 30 heavy (non-hydrogen) atoms. The van der Waals surface area contributed by atoms with Gasteiger partial charge in [-0.15, -0.1) is 5.11 Å². The van der Waals surface area contributed by atoms with Crippen LogP contribution in [-0.4, -0.2) is 33.5 Å². The second-order valence-electron chi connectivity index (χ2n) is 6.45. The number of hydrogen-bond acceptors (Lipinski definition) is 8. The van der Waals surface area contributed by atoms with E-state index in [9.17, 15) is 26.5 Å². The van der Waals surface area contributed by atoms with Gasteiger partial charge in [-0.05, 0) is 48.2 Å². The Morgan fingerprint density at radius 2 is 1.73 bits per heavy atom. The maximum absolute atomic E-state index is 11.9. The van der Waals surface area contributed by atoms with Crippen LogP contribution in [0.25, 0.3) is 10.8 Å². The Morgan fingerprint density at radius 1 is 1.03 bits per heavy atom. The first-order valence-electron chi connectivity index (χ1n) is 8.42. The fourth-order valence-electron chi connectivity index (χ4n) is 2.96. The number of rotatable bonds is 5. The fraction of sp³-hybridized carbons (Fsp3) is 0.105. The highest BCUT2D eigenvalue weighted by Gasteiger charge is 2.23. The minimum Gasteiger partial charge on any atom is -0.505 e. The minimum absolute atomic E-state index is 0.0417. The van der Waals surface area contributed by atoms with Crippen LogP contribution in [0.15, 0.2) is 62.5 Å². The number of azo groups is 1. The predicted molar refractivity (Wildman–Crippen MR) is 112 cm³/mol. The molecule has 0 aliphatic heterocycles. The summed E-state index contributed by atoms with van der Waals surface area (Å²) in [6.07, 6.45) is 5.09. The van der Waals surface area contributed by atoms with Gasteiger partial charge in [-0.3, -0.25) is 4.55 Å². The quantitative estimate of drug-likeness (QED) is 0.396. The number of anilines is 1. The average Bonchev–Trinajstić information content (AvgIpc) is 2.65. The number of sulfone groups is 1. The molecule has 3 N–H and O–H groups in total. The van der Waals surface area contributed by atoms with Crippen LogP contribution in [0.5, 0.6) is 5.75 Å². The standard InChI is InChI=1S/C19H17N3O6S2/c1-11-7-12-9-16(30(26,27)28)18(19(23)17(12)15(8-11)20-2)22-21-13-5-4-6-14(10-13)29(3,24)25/h3-10,20,23H,1-2H3,(H,26,27,28). The van der Waals surface area contributed by atoms with Crippen LogP contribution in [0.1, 0.15) is 5.56 Å². The molecule has 156 valence electrons. The summed E-state index contributed by atoms with van der Waals surface area (Å²) in [7, 11) is -7.12. The number of phenols is 1. The number of aromatic hydroxyl groups is 1. The third kappa shape index (κ3) is 4.27. The molecule has 0 saturated heterocycles. The van der Waals surface area contributed by atoms with Gasteiger partial charge in [0.1, 0.15) is 16.8 Å². The highest BCUT2D eigenvalue weighted by Crippen LogP contribution is 2.44. The predicted octanol–water partition coefficient (Wildman–Crippen LogP) is 4.00. The summed E-state index contributed by atoms with van der Waals surface area (Å²) in [6.45, 7) is 1.79. The molecule has 0 unspecified atom stereocenters. The summed E-state index contributed by atoms with van der Waals surface area (Å²) in [6, 6.07) is 9.73. The third-order valence-corrected chi connectivity index (χ3v) is 6.03. The number of nitrogens with one attached hydrogen (secondary N) is 1. The van der Waals surface area contributed by atoms with Crippen molar-refractivity contribution >= 4 is 47.8 Å². The van der Waals surface area contributed by atoms with E-state index in [0.29, 0.717) is 11.1 Å². The molecule has 0 bridgehead atoms. The Kier molecular flexibility index (Phi) is 5.54. The van der Waals surface area contributed by atoms with Gasteiger partial charge in [-0.1, -0.05) is 12.1 Å². The number of benzene rings is 3. The molecular weight excluding hydrogens is 430 g/mol. The van der Waals surface area contributed by atoms with Crippen LogP contribution in [0, 0.1) is 13.2 Å². The van der Waals surface area contributed by atoms with Gasteiger partial charge in [0.05, 0.1) is 10.6 Å². The summed E-state index contributed by atoms with van der Waals surface area (Å²) in [5, 5.41) is 21.9. The highest BCUT2D eigenvalue weighted by molar-refractivity contribution is 7.92. The molecule has 0 spiro atoms. The van der Waals surface area contributed by atoms with E-state index in [1.165, 1.54) is 24.3 Å². The SMILES string of the molecule is [CH]S(=O)(=O)c1cccc(N=Nc2c(S(=O)(=O)O)cc3cc(C)cc(NC)c3c2O)c1. The average molecular weight is 447 g/mol. The van der Waals surface area contributed by atoms with Crippen molar-refractivity contribution in [3.05, 3.63) is 54.3 Å². The first-order valence-corrected chi connectivity index (χ1v) is 11.4. The molecule has 2 radical (unpaired) electrons. The van der Waals surface area contributed by atoms with E-state index < -0.39 is 36.3 Å². The molecule has 0 atom stereocenters. The summed E-state index contributed by atoms with van der Waals surface area (Å²) in [4.78, 5) is -0.865. The van der Waals surface area contributed by atoms with Gasteiger partial charge < -0.3 is 10.4 Å². The normalized spacial score (nSPS) is 12.5. The van der Waals surface area contributed by atoms with Crippen molar-refractivity contribution in [2.24, 2.45) is 10.2 Å². The first-order chi connectivity index (χ1) is 13.9. The monoisotopic (exact) mass is 447 g/mol. The number of nitrogens with zero attached hydrogens (tertiary/aromatic N) is 2. The Balaban J connectivity index is 2.28. The Hall–Kier alpha value is -3.02. The largest absolute Gasteiger partial charge is 0.505 e. The van der Waals surface area contributed by atoms with Gasteiger partial charge in [0.25, 0.3) is 10.1 Å². The van der Waals surface area contributed by atoms with Crippen molar-refractivity contribution in [2.75, 3.05) is 12.4 Å². The lowest BCUT2D eigenvalue weighted by atomic mass is 10.0. The molecule has 0 aromatic heterocycles. The molecule has 3 aromatic rings. The van der Waals surface area contributed by atoms with Crippen molar-refractivity contribution < 1.29 is 26.5 Å². The van der Waals surface area contributed by atoms with E-state index >= 15 is 0 Å². The van der Waals surface area contributed by atoms with Crippen LogP contribution in [0.3, 0.4) is 0 Å². The molecule has 9 nitrogen and oxygen atoms in total. The van der Waals surface area contributed by atoms with Gasteiger partial charge in [-0.2, -0.15) is 13.5 Å². The van der Waals surface area contributed by atoms with Crippen LogP contribution in [-0.2, 0) is 20.0 Å². The zero-order valence-electron chi connectivity index (χ0n) is 15.9. The number of hydrogen-bond donors (Lipinski definition) is 3. The van der Waals surface area contributed by atoms with Crippen molar-refractivity contribution in [1.29, 1.82) is 0 Å². The van der Waals surface area contributed by atoms with E-state index in [1.807, 2.05) is 0 Å². The van der Waals surface area contributed by atoms with Gasteiger partial charge in [0.15, 0.2) is 15.6 Å². The van der Waals surface area contributed by atoms with Crippen molar-refractivity contribution in [2.45, 2.75) is 16.7 Å². The minimum atomic E-state index is -4.77. The molecule has 0 fully saturated rings. The molecule has 11 heteroatoms. The molecule has 0 aliphatic carbocycles. The van der Waals surface area contributed by atoms with Crippen LogP contribution < -0.4 is 5.32 Å². The maximum Gasteiger partial charge on any atom is 0.296 e. The summed E-state index contributed by atoms with van der Waals surface area (Å²) in [5.41, 5.74) is 0.852. The lowest BCUT2D eigenvalue weighted by molar-refractivity contribution is 0.472. The lowest BCUT2D eigenvalue weighted by Gasteiger charge is -2.13. The second kappa shape index (κ2) is 7.67. The van der Waals surface area contributed by atoms with E-state index in [1.54, 1.807) is 26.1 Å². The zero-order valence-corrected chi connectivity index (χ0v) is 17.5. The number of aryl methyl sites for hydroxylation is 1. The van der Waals surface area contributed by atoms with E-state index in [-0.39, 0.29) is 16.0 Å². The van der Waals surface area contributed by atoms with Crippen LogP contribution in [0.2, 0.25) is 0 Å². The van der Waals surface area contributed by atoms with Crippen LogP contribution in [0.4, 0.5) is 17.1 Å². The van der Waals surface area contributed by atoms with E-state index in [4.69, 9.17) is 6.26 Å². The van der Waals surface area contributed by atoms with Gasteiger partial charge in [0.2, 0.25) is 0 Å². The maximum atomic E-state index is 11.9. The Morgan fingerprint density at radius 3 is 2.33 bits per heavy atom. The first kappa shape index (κ1) is 21.7. The summed E-state index contributed by atoms with van der Waals surface area (Å²) < 4.78 is 56.5. The molecule has 3 rings (SSSR count). The smallest absolute Gasteiger partial charge is 0.296 e. The zero-order chi connectivity index (χ0) is 22.3. The van der Waals surface area contributed by atoms with E-state index in [2.05, 4.69) is 15.5 Å². The van der Waals surface area contributed by atoms with Crippen molar-refractivity contribution in [3.8, 4) is 5.75 Å². The summed E-state index contributed by atoms with van der Waals surface area (Å²) >= 11 is 0. The molecule has 3 aromatic carbocycles. The molecule has 0 aliphatic rings. The van der Waals surface area contributed by atoms with Crippen LogP contribution >= 0.6 is 0 Å². The van der Waals surface area contributed by atoms with Crippen molar-refractivity contribution in [1.82, 2.24) is 0 Å². The van der Waals surface area contributed by atoms with Gasteiger partial charge >= 0.3 is 0 Å². The van der Waals surface area contributed by atoms with Gasteiger partial charge in [-0.25, -0.2) is 8.42 Å². The third-order valence-electron chi connectivity index (χ3n) is 4.25. The fourth-order valence-corrected chi connectivity index (χ4v) is 4.17. The molecule has 0 saturated carbocycles. The Bertz CT molecular complexity index is 1400. The molecule has 0 amide bonds. The highest BCUT2D eigenvalue weighted by atomic mass is 32.2. The van der Waals surface area contributed by atoms with Gasteiger partial charge in [0, 0.05) is 18.1 Å². The van der Waals surface area contributed by atoms with E-state index in [0.717, 1.165) is 11.6 Å². The molecule has 0 heterocycles. The number of fused-ring (bicyclic) bond motifs is 1. The lowest BCUT2D eigenvalue weighted by Crippen LogP contribution is -2.00. The second-order valence-corrected chi connectivity index (χ2v) is 9.40. The topological polar surface area (TPSA) is 145 Å². The number of phenolic OH excluding ortho intramolecular Hbond substituents is 1. The summed E-state index contributed by atoms with van der Waals surface area (Å²) in [5.74, 6) is -0.518. The Labute approximate surface area is 173 Å². The molecular formula is C19H17N3O6S2. The van der Waals surface area contributed by atoms with Crippen molar-refractivity contribution in [3.63, 3.8) is 0 Å².